The summed E-state index contributed by atoms with van der Waals surface area (Å²) in [4.78, 5) is 0. The lowest BCUT2D eigenvalue weighted by Gasteiger charge is -2.20. The van der Waals surface area contributed by atoms with Gasteiger partial charge in [0.25, 0.3) is 0 Å². The fourth-order valence-corrected chi connectivity index (χ4v) is 2.01. The number of halogens is 3. The van der Waals surface area contributed by atoms with Crippen molar-refractivity contribution >= 4 is 17.3 Å². The Morgan fingerprint density at radius 3 is 2.53 bits per heavy atom. The van der Waals surface area contributed by atoms with Crippen LogP contribution in [0.1, 0.15) is 11.6 Å². The van der Waals surface area contributed by atoms with Crippen LogP contribution in [-0.4, -0.2) is 6.54 Å². The highest BCUT2D eigenvalue weighted by atomic mass is 35.5. The maximum absolute atomic E-state index is 13.7. The van der Waals surface area contributed by atoms with Crippen LogP contribution in [0.15, 0.2) is 42.5 Å². The van der Waals surface area contributed by atoms with Crippen LogP contribution < -0.4 is 11.1 Å². The Hall–Kier alpha value is -1.65. The lowest BCUT2D eigenvalue weighted by atomic mass is 10.1. The van der Waals surface area contributed by atoms with E-state index < -0.39 is 17.7 Å². The van der Waals surface area contributed by atoms with Crippen molar-refractivity contribution in [2.24, 2.45) is 5.73 Å². The van der Waals surface area contributed by atoms with E-state index >= 15 is 0 Å². The zero-order chi connectivity index (χ0) is 13.8. The Morgan fingerprint density at radius 1 is 1.11 bits per heavy atom. The number of nitrogens with one attached hydrogen (secondary N) is 1. The van der Waals surface area contributed by atoms with Gasteiger partial charge >= 0.3 is 0 Å². The van der Waals surface area contributed by atoms with Gasteiger partial charge in [0.2, 0.25) is 0 Å². The average molecular weight is 283 g/mol. The minimum absolute atomic E-state index is 0.117. The van der Waals surface area contributed by atoms with E-state index in [1.165, 1.54) is 12.1 Å². The summed E-state index contributed by atoms with van der Waals surface area (Å²) in [6.45, 7) is 0.117. The van der Waals surface area contributed by atoms with Crippen molar-refractivity contribution in [1.29, 1.82) is 0 Å². The highest BCUT2D eigenvalue weighted by Crippen LogP contribution is 2.27. The summed E-state index contributed by atoms with van der Waals surface area (Å²) in [5.74, 6) is -1.78. The molecule has 0 radical (unpaired) electrons. The number of hydrogen-bond acceptors (Lipinski definition) is 2. The van der Waals surface area contributed by atoms with Gasteiger partial charge in [0, 0.05) is 12.1 Å². The Morgan fingerprint density at radius 2 is 1.84 bits per heavy atom. The molecule has 0 aliphatic carbocycles. The predicted octanol–water partition coefficient (Wildman–Crippen LogP) is 3.73. The van der Waals surface area contributed by atoms with Crippen molar-refractivity contribution in [3.05, 3.63) is 64.7 Å². The van der Waals surface area contributed by atoms with Crippen molar-refractivity contribution in [2.45, 2.75) is 6.04 Å². The van der Waals surface area contributed by atoms with Gasteiger partial charge in [0.15, 0.2) is 11.6 Å². The second-order valence-electron chi connectivity index (χ2n) is 4.06. The molecule has 5 heteroatoms. The van der Waals surface area contributed by atoms with E-state index in [1.807, 2.05) is 0 Å². The molecule has 0 amide bonds. The van der Waals surface area contributed by atoms with Gasteiger partial charge in [-0.25, -0.2) is 8.78 Å². The molecule has 2 aromatic carbocycles. The first-order valence-electron chi connectivity index (χ1n) is 5.78. The molecule has 0 saturated carbocycles. The molecule has 0 aromatic heterocycles. The second kappa shape index (κ2) is 5.99. The summed E-state index contributed by atoms with van der Waals surface area (Å²) in [6, 6.07) is 10.5. The zero-order valence-corrected chi connectivity index (χ0v) is 10.8. The van der Waals surface area contributed by atoms with Crippen molar-refractivity contribution in [1.82, 2.24) is 0 Å². The number of nitrogens with two attached hydrogens (primary N) is 1. The van der Waals surface area contributed by atoms with Gasteiger partial charge in [-0.3, -0.25) is 0 Å². The van der Waals surface area contributed by atoms with E-state index in [1.54, 1.807) is 24.3 Å². The smallest absolute Gasteiger partial charge is 0.164 e. The third kappa shape index (κ3) is 3.03. The molecule has 0 spiro atoms. The number of anilines is 1. The van der Waals surface area contributed by atoms with Crippen LogP contribution >= 0.6 is 11.6 Å². The predicted molar refractivity (Wildman–Crippen MR) is 73.2 cm³/mol. The summed E-state index contributed by atoms with van der Waals surface area (Å²) in [6.07, 6.45) is 0. The van der Waals surface area contributed by atoms with Crippen LogP contribution in [0.4, 0.5) is 14.5 Å². The van der Waals surface area contributed by atoms with Gasteiger partial charge in [-0.15, -0.1) is 0 Å². The highest BCUT2D eigenvalue weighted by Gasteiger charge is 2.17. The van der Waals surface area contributed by atoms with E-state index in [2.05, 4.69) is 5.32 Å². The summed E-state index contributed by atoms with van der Waals surface area (Å²) < 4.78 is 27.0. The first kappa shape index (κ1) is 13.8. The molecule has 0 aliphatic rings. The maximum atomic E-state index is 13.7. The fourth-order valence-electron chi connectivity index (χ4n) is 1.82. The van der Waals surface area contributed by atoms with Crippen LogP contribution in [0.3, 0.4) is 0 Å². The van der Waals surface area contributed by atoms with E-state index in [0.29, 0.717) is 10.7 Å². The minimum atomic E-state index is -0.892. The van der Waals surface area contributed by atoms with E-state index in [-0.39, 0.29) is 12.1 Å². The first-order valence-corrected chi connectivity index (χ1v) is 6.16. The molecule has 0 bridgehead atoms. The lowest BCUT2D eigenvalue weighted by molar-refractivity contribution is 0.492. The van der Waals surface area contributed by atoms with E-state index in [0.717, 1.165) is 6.07 Å². The molecular weight excluding hydrogens is 270 g/mol. The average Bonchev–Trinajstić information content (AvgIpc) is 2.41. The molecule has 1 atom stereocenters. The van der Waals surface area contributed by atoms with Crippen molar-refractivity contribution in [3.8, 4) is 0 Å². The van der Waals surface area contributed by atoms with Gasteiger partial charge in [0.1, 0.15) is 0 Å². The van der Waals surface area contributed by atoms with Crippen molar-refractivity contribution < 1.29 is 8.78 Å². The van der Waals surface area contributed by atoms with Crippen molar-refractivity contribution in [3.63, 3.8) is 0 Å². The van der Waals surface area contributed by atoms with Gasteiger partial charge in [0.05, 0.1) is 16.8 Å². The summed E-state index contributed by atoms with van der Waals surface area (Å²) in [7, 11) is 0. The maximum Gasteiger partial charge on any atom is 0.164 e. The topological polar surface area (TPSA) is 38.0 Å². The zero-order valence-electron chi connectivity index (χ0n) is 10.0. The van der Waals surface area contributed by atoms with Crippen LogP contribution in [-0.2, 0) is 0 Å². The Labute approximate surface area is 115 Å². The number of para-hydroxylation sites is 1. The molecule has 1 unspecified atom stereocenters. The van der Waals surface area contributed by atoms with E-state index in [9.17, 15) is 8.78 Å². The first-order chi connectivity index (χ1) is 9.13. The van der Waals surface area contributed by atoms with Gasteiger partial charge < -0.3 is 11.1 Å². The number of hydrogen-bond donors (Lipinski definition) is 2. The molecule has 0 fully saturated rings. The molecule has 2 aromatic rings. The normalized spacial score (nSPS) is 12.2. The molecule has 0 heterocycles. The number of rotatable bonds is 4. The SMILES string of the molecule is NCC(Nc1ccccc1Cl)c1cccc(F)c1F. The molecule has 0 aliphatic heterocycles. The van der Waals surface area contributed by atoms with Crippen LogP contribution in [0.2, 0.25) is 5.02 Å². The van der Waals surface area contributed by atoms with Gasteiger partial charge in [-0.05, 0) is 18.2 Å². The quantitative estimate of drug-likeness (QED) is 0.897. The van der Waals surface area contributed by atoms with Gasteiger partial charge in [-0.1, -0.05) is 35.9 Å². The number of benzene rings is 2. The summed E-state index contributed by atoms with van der Waals surface area (Å²) >= 11 is 6.01. The highest BCUT2D eigenvalue weighted by molar-refractivity contribution is 6.33. The van der Waals surface area contributed by atoms with Crippen molar-refractivity contribution in [2.75, 3.05) is 11.9 Å². The standard InChI is InChI=1S/C14H13ClF2N2/c15-10-5-1-2-7-12(10)19-13(8-18)9-4-3-6-11(16)14(9)17/h1-7,13,19H,8,18H2. The third-order valence-electron chi connectivity index (χ3n) is 2.80. The van der Waals surface area contributed by atoms with Crippen LogP contribution in [0.5, 0.6) is 0 Å². The molecular formula is C14H13ClF2N2. The molecule has 0 saturated heterocycles. The largest absolute Gasteiger partial charge is 0.376 e. The molecule has 2 nitrogen and oxygen atoms in total. The van der Waals surface area contributed by atoms with E-state index in [4.69, 9.17) is 17.3 Å². The minimum Gasteiger partial charge on any atom is -0.376 e. The Bertz CT molecular complexity index is 575. The molecule has 2 rings (SSSR count). The molecule has 3 N–H and O–H groups in total. The molecule has 100 valence electrons. The van der Waals surface area contributed by atoms with Gasteiger partial charge in [-0.2, -0.15) is 0 Å². The van der Waals surface area contributed by atoms with Crippen LogP contribution in [0.25, 0.3) is 0 Å². The Balaban J connectivity index is 2.31. The second-order valence-corrected chi connectivity index (χ2v) is 4.46. The Kier molecular flexibility index (Phi) is 4.35. The van der Waals surface area contributed by atoms with Crippen LogP contribution in [0, 0.1) is 11.6 Å². The fraction of sp³-hybridized carbons (Fsp3) is 0.143. The molecule has 19 heavy (non-hydrogen) atoms. The lowest BCUT2D eigenvalue weighted by Crippen LogP contribution is -2.22. The summed E-state index contributed by atoms with van der Waals surface area (Å²) in [5.41, 5.74) is 6.44. The third-order valence-corrected chi connectivity index (χ3v) is 3.13. The monoisotopic (exact) mass is 282 g/mol. The summed E-state index contributed by atoms with van der Waals surface area (Å²) in [5, 5.41) is 3.52.